The van der Waals surface area contributed by atoms with Crippen molar-refractivity contribution in [2.24, 2.45) is 0 Å². The highest BCUT2D eigenvalue weighted by molar-refractivity contribution is 6.31. The van der Waals surface area contributed by atoms with Crippen molar-refractivity contribution in [3.63, 3.8) is 0 Å². The van der Waals surface area contributed by atoms with Crippen molar-refractivity contribution in [1.82, 2.24) is 5.32 Å². The summed E-state index contributed by atoms with van der Waals surface area (Å²) in [6, 6.07) is 14.4. The molecule has 5 nitrogen and oxygen atoms in total. The minimum atomic E-state index is -0.152. The number of rotatable bonds is 6. The molecule has 2 aromatic carbocycles. The van der Waals surface area contributed by atoms with Crippen molar-refractivity contribution in [1.29, 1.82) is 0 Å². The third-order valence-electron chi connectivity index (χ3n) is 3.43. The minimum absolute atomic E-state index is 0.0356. The molecule has 2 amide bonds. The van der Waals surface area contributed by atoms with Gasteiger partial charge in [0.05, 0.1) is 6.54 Å². The fraction of sp³-hybridized carbons (Fsp3) is 0.222. The zero-order valence-electron chi connectivity index (χ0n) is 13.6. The molecule has 0 aliphatic rings. The molecule has 3 N–H and O–H groups in total. The van der Waals surface area contributed by atoms with Gasteiger partial charge in [-0.2, -0.15) is 0 Å². The summed E-state index contributed by atoms with van der Waals surface area (Å²) in [6.07, 6.45) is 0. The Balaban J connectivity index is 1.85. The van der Waals surface area contributed by atoms with E-state index in [0.29, 0.717) is 16.4 Å². The zero-order chi connectivity index (χ0) is 17.5. The van der Waals surface area contributed by atoms with Crippen molar-refractivity contribution >= 4 is 34.8 Å². The van der Waals surface area contributed by atoms with Crippen LogP contribution < -0.4 is 16.0 Å². The van der Waals surface area contributed by atoms with Gasteiger partial charge in [0.2, 0.25) is 11.8 Å². The second-order valence-corrected chi connectivity index (χ2v) is 5.84. The molecule has 0 aromatic heterocycles. The Kier molecular flexibility index (Phi) is 6.35. The molecule has 24 heavy (non-hydrogen) atoms. The molecular weight excluding hydrogens is 326 g/mol. The van der Waals surface area contributed by atoms with E-state index in [1.54, 1.807) is 24.3 Å². The number of halogens is 1. The third kappa shape index (κ3) is 5.37. The van der Waals surface area contributed by atoms with Gasteiger partial charge in [-0.1, -0.05) is 29.8 Å². The molecule has 2 rings (SSSR count). The number of nitrogens with one attached hydrogen (secondary N) is 3. The van der Waals surface area contributed by atoms with Gasteiger partial charge in [0.1, 0.15) is 0 Å². The number of hydrogen-bond donors (Lipinski definition) is 3. The Morgan fingerprint density at radius 1 is 1.00 bits per heavy atom. The zero-order valence-corrected chi connectivity index (χ0v) is 14.4. The van der Waals surface area contributed by atoms with Gasteiger partial charge in [-0.3, -0.25) is 9.59 Å². The van der Waals surface area contributed by atoms with Crippen LogP contribution in [0.4, 0.5) is 11.4 Å². The Morgan fingerprint density at radius 2 is 1.58 bits per heavy atom. The number of carbonyl (C=O) groups is 2. The van der Waals surface area contributed by atoms with E-state index in [1.165, 1.54) is 6.92 Å². The van der Waals surface area contributed by atoms with Crippen LogP contribution in [-0.4, -0.2) is 18.4 Å². The van der Waals surface area contributed by atoms with Gasteiger partial charge in [0.25, 0.3) is 0 Å². The summed E-state index contributed by atoms with van der Waals surface area (Å²) in [6.45, 7) is 3.57. The van der Waals surface area contributed by atoms with Crippen molar-refractivity contribution in [2.75, 3.05) is 17.2 Å². The number of amides is 2. The molecule has 0 unspecified atom stereocenters. The van der Waals surface area contributed by atoms with Crippen LogP contribution >= 0.6 is 11.6 Å². The predicted molar refractivity (Wildman–Crippen MR) is 97.2 cm³/mol. The van der Waals surface area contributed by atoms with E-state index in [4.69, 9.17) is 11.6 Å². The van der Waals surface area contributed by atoms with Crippen LogP contribution in [0.3, 0.4) is 0 Å². The Labute approximate surface area is 146 Å². The topological polar surface area (TPSA) is 70.2 Å². The first-order valence-electron chi connectivity index (χ1n) is 7.61. The molecule has 0 aliphatic heterocycles. The summed E-state index contributed by atoms with van der Waals surface area (Å²) in [5.74, 6) is -0.286. The van der Waals surface area contributed by atoms with E-state index >= 15 is 0 Å². The predicted octanol–water partition coefficient (Wildman–Crippen LogP) is 3.59. The first-order valence-corrected chi connectivity index (χ1v) is 7.99. The van der Waals surface area contributed by atoms with E-state index in [1.807, 2.05) is 31.2 Å². The summed E-state index contributed by atoms with van der Waals surface area (Å²) in [4.78, 5) is 23.0. The number of anilines is 2. The van der Waals surface area contributed by atoms with Crippen LogP contribution in [0.25, 0.3) is 0 Å². The monoisotopic (exact) mass is 345 g/mol. The highest BCUT2D eigenvalue weighted by atomic mass is 35.5. The van der Waals surface area contributed by atoms with Crippen LogP contribution in [-0.2, 0) is 9.59 Å². The molecule has 0 spiro atoms. The Bertz CT molecular complexity index is 716. The van der Waals surface area contributed by atoms with Crippen LogP contribution in [0.2, 0.25) is 5.02 Å². The second kappa shape index (κ2) is 8.47. The molecule has 0 aliphatic carbocycles. The number of hydrogen-bond acceptors (Lipinski definition) is 3. The van der Waals surface area contributed by atoms with E-state index in [0.717, 1.165) is 5.56 Å². The van der Waals surface area contributed by atoms with Gasteiger partial charge in [0, 0.05) is 29.4 Å². The largest absolute Gasteiger partial charge is 0.326 e. The summed E-state index contributed by atoms with van der Waals surface area (Å²) in [5, 5.41) is 9.29. The average molecular weight is 346 g/mol. The summed E-state index contributed by atoms with van der Waals surface area (Å²) < 4.78 is 0. The number of carbonyl (C=O) groups excluding carboxylic acids is 2. The van der Waals surface area contributed by atoms with Crippen molar-refractivity contribution in [3.05, 3.63) is 59.1 Å². The van der Waals surface area contributed by atoms with Gasteiger partial charge >= 0.3 is 0 Å². The maximum atomic E-state index is 12.0. The molecule has 6 heteroatoms. The molecule has 0 saturated carbocycles. The second-order valence-electron chi connectivity index (χ2n) is 5.43. The molecule has 0 fully saturated rings. The lowest BCUT2D eigenvalue weighted by Crippen LogP contribution is -2.30. The van der Waals surface area contributed by atoms with E-state index < -0.39 is 0 Å². The lowest BCUT2D eigenvalue weighted by molar-refractivity contribution is -0.115. The summed E-state index contributed by atoms with van der Waals surface area (Å²) >= 11 is 6.14. The highest BCUT2D eigenvalue weighted by Crippen LogP contribution is 2.21. The summed E-state index contributed by atoms with van der Waals surface area (Å²) in [7, 11) is 0. The number of benzene rings is 2. The molecule has 0 bridgehead atoms. The quantitative estimate of drug-likeness (QED) is 0.749. The van der Waals surface area contributed by atoms with Crippen LogP contribution in [0.1, 0.15) is 25.5 Å². The average Bonchev–Trinajstić information content (AvgIpc) is 2.54. The van der Waals surface area contributed by atoms with Gasteiger partial charge in [-0.15, -0.1) is 0 Å². The van der Waals surface area contributed by atoms with Crippen LogP contribution in [0, 0.1) is 0 Å². The van der Waals surface area contributed by atoms with Gasteiger partial charge in [-0.25, -0.2) is 0 Å². The molecule has 0 heterocycles. The first kappa shape index (κ1) is 18.0. The lowest BCUT2D eigenvalue weighted by atomic mass is 10.1. The minimum Gasteiger partial charge on any atom is -0.326 e. The Morgan fingerprint density at radius 3 is 2.17 bits per heavy atom. The van der Waals surface area contributed by atoms with Gasteiger partial charge in [-0.05, 0) is 42.8 Å². The fourth-order valence-electron chi connectivity index (χ4n) is 2.23. The lowest BCUT2D eigenvalue weighted by Gasteiger charge is -2.15. The molecule has 0 saturated heterocycles. The smallest absolute Gasteiger partial charge is 0.238 e. The maximum Gasteiger partial charge on any atom is 0.238 e. The molecular formula is C18H20ClN3O2. The molecule has 0 radical (unpaired) electrons. The van der Waals surface area contributed by atoms with E-state index in [9.17, 15) is 9.59 Å². The third-order valence-corrected chi connectivity index (χ3v) is 3.77. The highest BCUT2D eigenvalue weighted by Gasteiger charge is 2.10. The Hall–Kier alpha value is -2.37. The van der Waals surface area contributed by atoms with Gasteiger partial charge < -0.3 is 16.0 Å². The first-order chi connectivity index (χ1) is 11.5. The van der Waals surface area contributed by atoms with Crippen molar-refractivity contribution in [2.45, 2.75) is 19.9 Å². The molecule has 1 atom stereocenters. The SMILES string of the molecule is CC(=O)Nc1ccc(NC(=O)CN[C@@H](C)c2ccccc2Cl)cc1. The van der Waals surface area contributed by atoms with Crippen LogP contribution in [0.5, 0.6) is 0 Å². The van der Waals surface area contributed by atoms with Crippen molar-refractivity contribution < 1.29 is 9.59 Å². The molecule has 2 aromatic rings. The molecule has 126 valence electrons. The standard InChI is InChI=1S/C18H20ClN3O2/c1-12(16-5-3-4-6-17(16)19)20-11-18(24)22-15-9-7-14(8-10-15)21-13(2)23/h3-10,12,20H,11H2,1-2H3,(H,21,23)(H,22,24)/t12-/m0/s1. The van der Waals surface area contributed by atoms with Crippen molar-refractivity contribution in [3.8, 4) is 0 Å². The fourth-order valence-corrected chi connectivity index (χ4v) is 2.53. The summed E-state index contributed by atoms with van der Waals surface area (Å²) in [5.41, 5.74) is 2.30. The maximum absolute atomic E-state index is 12.0. The van der Waals surface area contributed by atoms with Crippen LogP contribution in [0.15, 0.2) is 48.5 Å². The van der Waals surface area contributed by atoms with Gasteiger partial charge in [0.15, 0.2) is 0 Å². The normalized spacial score (nSPS) is 11.6. The van der Waals surface area contributed by atoms with E-state index in [2.05, 4.69) is 16.0 Å². The van der Waals surface area contributed by atoms with E-state index in [-0.39, 0.29) is 24.4 Å².